The third-order valence-corrected chi connectivity index (χ3v) is 2.83. The van der Waals surface area contributed by atoms with Crippen molar-refractivity contribution in [3.05, 3.63) is 83.4 Å². The number of nitrogens with zero attached hydrogens (tertiary/aromatic N) is 2. The highest BCUT2D eigenvalue weighted by atomic mass is 16.5. The third-order valence-electron chi connectivity index (χ3n) is 2.83. The molecule has 0 aliphatic heterocycles. The van der Waals surface area contributed by atoms with Crippen LogP contribution in [0.2, 0.25) is 0 Å². The average Bonchev–Trinajstić information content (AvgIpc) is 2.61. The molecular weight excluding hydrogens is 288 g/mol. The van der Waals surface area contributed by atoms with Crippen LogP contribution in [0.25, 0.3) is 11.6 Å². The molecule has 0 aliphatic carbocycles. The van der Waals surface area contributed by atoms with E-state index in [9.17, 15) is 4.79 Å². The van der Waals surface area contributed by atoms with Gasteiger partial charge in [0.15, 0.2) is 6.61 Å². The molecule has 0 atom stereocenters. The first-order chi connectivity index (χ1) is 11.3. The van der Waals surface area contributed by atoms with Gasteiger partial charge in [0.1, 0.15) is 0 Å². The van der Waals surface area contributed by atoms with Crippen molar-refractivity contribution in [2.45, 2.75) is 0 Å². The normalized spacial score (nSPS) is 9.57. The summed E-state index contributed by atoms with van der Waals surface area (Å²) in [6, 6.07) is 18.7. The molecule has 0 fully saturated rings. The van der Waals surface area contributed by atoms with Gasteiger partial charge in [-0.2, -0.15) is 4.79 Å². The number of carbonyl (C=O) groups excluding carboxylic acids is 1. The Morgan fingerprint density at radius 1 is 1.09 bits per heavy atom. The van der Waals surface area contributed by atoms with Gasteiger partial charge in [-0.05, 0) is 23.8 Å². The second-order valence-electron chi connectivity index (χ2n) is 4.47. The lowest BCUT2D eigenvalue weighted by molar-refractivity contribution is -0.138. The van der Waals surface area contributed by atoms with Crippen molar-refractivity contribution >= 4 is 17.8 Å². The lowest BCUT2D eigenvalue weighted by Crippen LogP contribution is -2.16. The van der Waals surface area contributed by atoms with Crippen LogP contribution in [0.1, 0.15) is 11.1 Å². The van der Waals surface area contributed by atoms with E-state index in [2.05, 4.69) is 16.6 Å². The number of rotatable bonds is 4. The van der Waals surface area contributed by atoms with E-state index in [-0.39, 0.29) is 12.3 Å². The highest BCUT2D eigenvalue weighted by Crippen LogP contribution is 2.01. The molecule has 0 unspecified atom stereocenters. The van der Waals surface area contributed by atoms with Crippen LogP contribution < -0.4 is 0 Å². The van der Waals surface area contributed by atoms with E-state index in [1.165, 1.54) is 6.08 Å². The van der Waals surface area contributed by atoms with Crippen molar-refractivity contribution < 1.29 is 14.3 Å². The zero-order valence-corrected chi connectivity index (χ0v) is 12.3. The summed E-state index contributed by atoms with van der Waals surface area (Å²) < 4.78 is 4.95. The van der Waals surface area contributed by atoms with Crippen LogP contribution in [0.15, 0.2) is 66.7 Å². The Bertz CT molecular complexity index is 794. The van der Waals surface area contributed by atoms with Gasteiger partial charge >= 0.3 is 11.7 Å². The minimum atomic E-state index is -0.734. The van der Waals surface area contributed by atoms with Gasteiger partial charge in [-0.3, -0.25) is 0 Å². The van der Waals surface area contributed by atoms with Crippen LogP contribution in [-0.4, -0.2) is 23.1 Å². The molecule has 2 rings (SSSR count). The molecule has 0 radical (unpaired) electrons. The molecule has 23 heavy (non-hydrogen) atoms. The topological polar surface area (TPSA) is 62.7 Å². The van der Waals surface area contributed by atoms with Crippen molar-refractivity contribution in [1.29, 1.82) is 0 Å². The Hall–Kier alpha value is -3.41. The summed E-state index contributed by atoms with van der Waals surface area (Å²) >= 11 is 0. The number of ether oxygens (including phenoxy) is 1. The molecule has 0 aromatic heterocycles. The van der Waals surface area contributed by atoms with E-state index in [0.717, 1.165) is 11.1 Å². The zero-order valence-electron chi connectivity index (χ0n) is 12.3. The summed E-state index contributed by atoms with van der Waals surface area (Å²) in [6.07, 6.45) is 3.05. The van der Waals surface area contributed by atoms with Gasteiger partial charge in [0.2, 0.25) is 0 Å². The summed E-state index contributed by atoms with van der Waals surface area (Å²) in [4.78, 5) is 14.7. The average molecular weight is 302 g/mol. The largest absolute Gasteiger partial charge is 0.444 e. The lowest BCUT2D eigenvalue weighted by atomic mass is 10.2. The molecule has 0 saturated carbocycles. The zero-order chi connectivity index (χ0) is 16.3. The van der Waals surface area contributed by atoms with E-state index in [1.54, 1.807) is 6.08 Å². The summed E-state index contributed by atoms with van der Waals surface area (Å²) in [5.41, 5.74) is 10.4. The molecule has 112 valence electrons. The molecule has 0 saturated heterocycles. The molecular formula is C19H14N2O2. The number of hydrogen-bond acceptors (Lipinski definition) is 2. The molecule has 4 nitrogen and oxygen atoms in total. The molecule has 0 bridgehead atoms. The van der Waals surface area contributed by atoms with Crippen molar-refractivity contribution in [2.24, 2.45) is 0 Å². The predicted molar refractivity (Wildman–Crippen MR) is 88.4 cm³/mol. The molecule has 4 heteroatoms. The van der Waals surface area contributed by atoms with Crippen molar-refractivity contribution in [2.75, 3.05) is 6.61 Å². The van der Waals surface area contributed by atoms with E-state index in [4.69, 9.17) is 10.3 Å². The second kappa shape index (κ2) is 8.78. The van der Waals surface area contributed by atoms with Gasteiger partial charge in [0, 0.05) is 11.6 Å². The smallest absolute Gasteiger partial charge is 0.422 e. The van der Waals surface area contributed by atoms with E-state index in [1.807, 2.05) is 60.7 Å². The van der Waals surface area contributed by atoms with E-state index >= 15 is 0 Å². The van der Waals surface area contributed by atoms with Crippen LogP contribution in [0.5, 0.6) is 0 Å². The minimum Gasteiger partial charge on any atom is -0.444 e. The molecule has 0 amide bonds. The minimum absolute atomic E-state index is 0.0775. The highest BCUT2D eigenvalue weighted by Gasteiger charge is 2.17. The Kier molecular flexibility index (Phi) is 6.10. The lowest BCUT2D eigenvalue weighted by Gasteiger charge is -1.94. The summed E-state index contributed by atoms with van der Waals surface area (Å²) in [5, 5.41) is 0. The van der Waals surface area contributed by atoms with E-state index < -0.39 is 5.97 Å². The van der Waals surface area contributed by atoms with Crippen LogP contribution in [0.4, 0.5) is 0 Å². The van der Waals surface area contributed by atoms with Gasteiger partial charge in [0.05, 0.1) is 0 Å². The highest BCUT2D eigenvalue weighted by molar-refractivity contribution is 6.39. The molecule has 2 aromatic rings. The first-order valence-electron chi connectivity index (χ1n) is 6.96. The Balaban J connectivity index is 1.90. The SMILES string of the molecule is [N-]=[N+]=C(/C=C/c1ccccc1)C(=O)OCC#Cc1ccccc1. The molecule has 0 heterocycles. The van der Waals surface area contributed by atoms with Crippen LogP contribution >= 0.6 is 0 Å². The fourth-order valence-corrected chi connectivity index (χ4v) is 1.72. The maximum Gasteiger partial charge on any atom is 0.422 e. The predicted octanol–water partition coefficient (Wildman–Crippen LogP) is 2.97. The summed E-state index contributed by atoms with van der Waals surface area (Å²) in [6.45, 7) is -0.0775. The van der Waals surface area contributed by atoms with Gasteiger partial charge in [-0.15, -0.1) is 0 Å². The number of carbonyl (C=O) groups is 1. The maximum atomic E-state index is 11.8. The summed E-state index contributed by atoms with van der Waals surface area (Å²) in [7, 11) is 0. The van der Waals surface area contributed by atoms with Crippen molar-refractivity contribution in [1.82, 2.24) is 0 Å². The molecule has 2 aromatic carbocycles. The first-order valence-corrected chi connectivity index (χ1v) is 6.96. The third kappa shape index (κ3) is 5.47. The fraction of sp³-hybridized carbons (Fsp3) is 0.0526. The Morgan fingerprint density at radius 3 is 2.39 bits per heavy atom. The second-order valence-corrected chi connectivity index (χ2v) is 4.47. The van der Waals surface area contributed by atoms with Crippen LogP contribution in [-0.2, 0) is 9.53 Å². The van der Waals surface area contributed by atoms with Crippen molar-refractivity contribution in [3.63, 3.8) is 0 Å². The number of benzene rings is 2. The standard InChI is InChI=1S/C19H14N2O2/c20-21-18(14-13-17-10-5-2-6-11-17)19(22)23-15-7-12-16-8-3-1-4-9-16/h1-6,8-11,13-14H,15H2/b14-13+. The first kappa shape index (κ1) is 16.0. The van der Waals surface area contributed by atoms with Crippen LogP contribution in [0.3, 0.4) is 0 Å². The Labute approximate surface area is 134 Å². The molecule has 0 spiro atoms. The van der Waals surface area contributed by atoms with Gasteiger partial charge in [-0.1, -0.05) is 60.4 Å². The Morgan fingerprint density at radius 2 is 1.74 bits per heavy atom. The van der Waals surface area contributed by atoms with Crippen molar-refractivity contribution in [3.8, 4) is 11.8 Å². The number of hydrogen-bond donors (Lipinski definition) is 0. The monoisotopic (exact) mass is 302 g/mol. The fourth-order valence-electron chi connectivity index (χ4n) is 1.72. The van der Waals surface area contributed by atoms with Gasteiger partial charge in [0.25, 0.3) is 0 Å². The van der Waals surface area contributed by atoms with Crippen LogP contribution in [0, 0.1) is 11.8 Å². The van der Waals surface area contributed by atoms with Gasteiger partial charge in [-0.25, -0.2) is 4.79 Å². The maximum absolute atomic E-state index is 11.8. The van der Waals surface area contributed by atoms with E-state index in [0.29, 0.717) is 0 Å². The summed E-state index contributed by atoms with van der Waals surface area (Å²) in [5.74, 6) is 4.86. The van der Waals surface area contributed by atoms with Gasteiger partial charge < -0.3 is 10.3 Å². The quantitative estimate of drug-likeness (QED) is 0.286. The molecule has 0 N–H and O–H groups in total. The number of esters is 1. The molecule has 0 aliphatic rings.